The molecule has 1 atom stereocenters. The maximum absolute atomic E-state index is 12.0. The molecule has 7 heteroatoms. The lowest BCUT2D eigenvalue weighted by atomic mass is 9.95. The van der Waals surface area contributed by atoms with Crippen molar-refractivity contribution in [2.75, 3.05) is 6.54 Å². The van der Waals surface area contributed by atoms with E-state index < -0.39 is 11.0 Å². The molecule has 0 heterocycles. The summed E-state index contributed by atoms with van der Waals surface area (Å²) in [6.45, 7) is 0.968. The highest BCUT2D eigenvalue weighted by Gasteiger charge is 2.24. The van der Waals surface area contributed by atoms with E-state index in [0.29, 0.717) is 0 Å². The Bertz CT molecular complexity index is 340. The van der Waals surface area contributed by atoms with Gasteiger partial charge in [0.25, 0.3) is 0 Å². The Labute approximate surface area is 112 Å². The predicted molar refractivity (Wildman–Crippen MR) is 69.1 cm³/mol. The third-order valence-corrected chi connectivity index (χ3v) is 3.25. The first-order valence-electron chi connectivity index (χ1n) is 6.68. The van der Waals surface area contributed by atoms with Gasteiger partial charge in [0.05, 0.1) is 0 Å². The van der Waals surface area contributed by atoms with Crippen LogP contribution in [0.1, 0.15) is 45.4 Å². The highest BCUT2D eigenvalue weighted by Crippen LogP contribution is 2.17. The second-order valence-corrected chi connectivity index (χ2v) is 4.94. The Morgan fingerprint density at radius 1 is 1.32 bits per heavy atom. The zero-order chi connectivity index (χ0) is 14.3. The fourth-order valence-electron chi connectivity index (χ4n) is 2.30. The van der Waals surface area contributed by atoms with Crippen LogP contribution in [0.3, 0.4) is 0 Å². The van der Waals surface area contributed by atoms with Crippen molar-refractivity contribution >= 4 is 11.8 Å². The fraction of sp³-hybridized carbons (Fsp3) is 0.833. The van der Waals surface area contributed by atoms with E-state index in [2.05, 4.69) is 10.6 Å². The summed E-state index contributed by atoms with van der Waals surface area (Å²) >= 11 is 0. The van der Waals surface area contributed by atoms with Gasteiger partial charge in [-0.15, -0.1) is 0 Å². The van der Waals surface area contributed by atoms with Gasteiger partial charge in [-0.3, -0.25) is 19.7 Å². The number of nitro groups is 1. The van der Waals surface area contributed by atoms with Gasteiger partial charge in [-0.2, -0.15) is 0 Å². The van der Waals surface area contributed by atoms with Crippen molar-refractivity contribution in [2.45, 2.75) is 57.5 Å². The molecule has 0 radical (unpaired) electrons. The van der Waals surface area contributed by atoms with Crippen LogP contribution in [-0.4, -0.2) is 35.4 Å². The van der Waals surface area contributed by atoms with Crippen LogP contribution in [0.15, 0.2) is 0 Å². The molecule has 108 valence electrons. The lowest BCUT2D eigenvalue weighted by molar-refractivity contribution is -0.480. The molecule has 0 aromatic rings. The minimum Gasteiger partial charge on any atom is -0.352 e. The molecule has 0 aromatic heterocycles. The van der Waals surface area contributed by atoms with Gasteiger partial charge in [0, 0.05) is 24.3 Å². The SMILES string of the molecule is CC(=O)N[C@@H](CC[N+](=O)[O-])C(=O)NC1CCCCC1. The Morgan fingerprint density at radius 2 is 1.95 bits per heavy atom. The summed E-state index contributed by atoms with van der Waals surface area (Å²) in [4.78, 5) is 32.9. The third-order valence-electron chi connectivity index (χ3n) is 3.25. The third kappa shape index (κ3) is 6.17. The maximum atomic E-state index is 12.0. The van der Waals surface area contributed by atoms with Gasteiger partial charge in [-0.05, 0) is 12.8 Å². The molecular formula is C12H21N3O4. The molecule has 1 rings (SSSR count). The molecule has 2 amide bonds. The zero-order valence-corrected chi connectivity index (χ0v) is 11.2. The topological polar surface area (TPSA) is 101 Å². The van der Waals surface area contributed by atoms with Gasteiger partial charge in [-0.25, -0.2) is 0 Å². The van der Waals surface area contributed by atoms with Crippen LogP contribution in [0.2, 0.25) is 0 Å². The molecule has 0 saturated heterocycles. The summed E-state index contributed by atoms with van der Waals surface area (Å²) in [5, 5.41) is 15.7. The molecule has 1 aliphatic carbocycles. The smallest absolute Gasteiger partial charge is 0.243 e. The minimum absolute atomic E-state index is 0.0190. The Balaban J connectivity index is 2.48. The molecule has 0 bridgehead atoms. The number of nitrogens with zero attached hydrogens (tertiary/aromatic N) is 1. The molecule has 1 fully saturated rings. The van der Waals surface area contributed by atoms with Crippen molar-refractivity contribution in [3.8, 4) is 0 Å². The van der Waals surface area contributed by atoms with E-state index in [0.717, 1.165) is 25.7 Å². The van der Waals surface area contributed by atoms with Crippen molar-refractivity contribution in [1.82, 2.24) is 10.6 Å². The minimum atomic E-state index is -0.815. The van der Waals surface area contributed by atoms with E-state index in [9.17, 15) is 19.7 Å². The van der Waals surface area contributed by atoms with Gasteiger partial charge in [0.1, 0.15) is 6.04 Å². The molecule has 7 nitrogen and oxygen atoms in total. The van der Waals surface area contributed by atoms with Gasteiger partial charge >= 0.3 is 0 Å². The molecule has 19 heavy (non-hydrogen) atoms. The number of hydrogen-bond donors (Lipinski definition) is 2. The fourth-order valence-corrected chi connectivity index (χ4v) is 2.30. The second-order valence-electron chi connectivity index (χ2n) is 4.94. The van der Waals surface area contributed by atoms with E-state index >= 15 is 0 Å². The summed E-state index contributed by atoms with van der Waals surface area (Å²) in [6, 6.07) is -0.682. The van der Waals surface area contributed by atoms with E-state index in [-0.39, 0.29) is 30.8 Å². The van der Waals surface area contributed by atoms with Gasteiger partial charge in [-0.1, -0.05) is 19.3 Å². The number of carbonyl (C=O) groups excluding carboxylic acids is 2. The van der Waals surface area contributed by atoms with Crippen LogP contribution >= 0.6 is 0 Å². The molecular weight excluding hydrogens is 250 g/mol. The molecule has 0 unspecified atom stereocenters. The number of hydrogen-bond acceptors (Lipinski definition) is 4. The van der Waals surface area contributed by atoms with Crippen molar-refractivity contribution in [3.05, 3.63) is 10.1 Å². The first kappa shape index (κ1) is 15.4. The largest absolute Gasteiger partial charge is 0.352 e. The average Bonchev–Trinajstić information content (AvgIpc) is 2.35. The van der Waals surface area contributed by atoms with Crippen LogP contribution in [0.4, 0.5) is 0 Å². The van der Waals surface area contributed by atoms with E-state index in [4.69, 9.17) is 0 Å². The van der Waals surface area contributed by atoms with Crippen LogP contribution in [-0.2, 0) is 9.59 Å². The van der Waals surface area contributed by atoms with E-state index in [1.165, 1.54) is 13.3 Å². The van der Waals surface area contributed by atoms with Crippen LogP contribution < -0.4 is 10.6 Å². The van der Waals surface area contributed by atoms with Gasteiger partial charge in [0.2, 0.25) is 18.4 Å². The number of carbonyl (C=O) groups is 2. The summed E-state index contributed by atoms with van der Waals surface area (Å²) in [7, 11) is 0. The van der Waals surface area contributed by atoms with Crippen molar-refractivity contribution < 1.29 is 14.5 Å². The zero-order valence-electron chi connectivity index (χ0n) is 11.2. The van der Waals surface area contributed by atoms with Crippen LogP contribution in [0, 0.1) is 10.1 Å². The quantitative estimate of drug-likeness (QED) is 0.545. The molecule has 2 N–H and O–H groups in total. The first-order chi connectivity index (χ1) is 8.99. The molecule has 1 aliphatic rings. The van der Waals surface area contributed by atoms with Crippen molar-refractivity contribution in [2.24, 2.45) is 0 Å². The summed E-state index contributed by atoms with van der Waals surface area (Å²) in [5.74, 6) is -0.670. The number of nitrogens with one attached hydrogen (secondary N) is 2. The van der Waals surface area contributed by atoms with Gasteiger partial charge in [0.15, 0.2) is 0 Å². The monoisotopic (exact) mass is 271 g/mol. The molecule has 0 aliphatic heterocycles. The van der Waals surface area contributed by atoms with Crippen LogP contribution in [0.25, 0.3) is 0 Å². The normalized spacial score (nSPS) is 17.5. The average molecular weight is 271 g/mol. The summed E-state index contributed by atoms with van der Waals surface area (Å²) < 4.78 is 0. The second kappa shape index (κ2) is 7.70. The van der Waals surface area contributed by atoms with E-state index in [1.54, 1.807) is 0 Å². The molecule has 1 saturated carbocycles. The van der Waals surface area contributed by atoms with Gasteiger partial charge < -0.3 is 10.6 Å². The Kier molecular flexibility index (Phi) is 6.24. The first-order valence-corrected chi connectivity index (χ1v) is 6.68. The highest BCUT2D eigenvalue weighted by atomic mass is 16.6. The number of amides is 2. The standard InChI is InChI=1S/C12H21N3O4/c1-9(16)13-11(7-8-15(18)19)12(17)14-10-5-3-2-4-6-10/h10-11H,2-8H2,1H3,(H,13,16)(H,14,17)/t11-/m0/s1. The summed E-state index contributed by atoms with van der Waals surface area (Å²) in [5.41, 5.74) is 0. The Hall–Kier alpha value is -1.66. The predicted octanol–water partition coefficient (Wildman–Crippen LogP) is 0.607. The van der Waals surface area contributed by atoms with E-state index in [1.807, 2.05) is 0 Å². The van der Waals surface area contributed by atoms with Crippen LogP contribution in [0.5, 0.6) is 0 Å². The lowest BCUT2D eigenvalue weighted by Gasteiger charge is -2.25. The van der Waals surface area contributed by atoms with Crippen molar-refractivity contribution in [3.63, 3.8) is 0 Å². The highest BCUT2D eigenvalue weighted by molar-refractivity contribution is 5.86. The van der Waals surface area contributed by atoms with Crippen molar-refractivity contribution in [1.29, 1.82) is 0 Å². The molecule has 0 aromatic carbocycles. The Morgan fingerprint density at radius 3 is 2.47 bits per heavy atom. The lowest BCUT2D eigenvalue weighted by Crippen LogP contribution is -2.50. The maximum Gasteiger partial charge on any atom is 0.243 e. The number of rotatable bonds is 6. The molecule has 0 spiro atoms. The summed E-state index contributed by atoms with van der Waals surface area (Å²) in [6.07, 6.45) is 5.25.